The number of nitrogens with zero attached hydrogens (tertiary/aromatic N) is 2. The molecule has 1 amide bonds. The van der Waals surface area contributed by atoms with E-state index < -0.39 is 5.97 Å². The summed E-state index contributed by atoms with van der Waals surface area (Å²) in [4.78, 5) is 21.5. The first kappa shape index (κ1) is 13.2. The predicted molar refractivity (Wildman–Crippen MR) is 61.4 cm³/mol. The largest absolute Gasteiger partial charge is 0.481 e. The third-order valence-electron chi connectivity index (χ3n) is 2.27. The second kappa shape index (κ2) is 6.67. The highest BCUT2D eigenvalue weighted by Crippen LogP contribution is 1.96. The van der Waals surface area contributed by atoms with Gasteiger partial charge in [-0.25, -0.2) is 0 Å². The molecule has 1 rings (SSSR count). The van der Waals surface area contributed by atoms with E-state index in [2.05, 4.69) is 10.4 Å². The molecule has 0 saturated carbocycles. The molecule has 17 heavy (non-hydrogen) atoms. The van der Waals surface area contributed by atoms with Crippen molar-refractivity contribution in [3.63, 3.8) is 0 Å². The third kappa shape index (κ3) is 5.70. The van der Waals surface area contributed by atoms with Gasteiger partial charge >= 0.3 is 5.97 Å². The lowest BCUT2D eigenvalue weighted by Gasteiger charge is -2.02. The average Bonchev–Trinajstić information content (AvgIpc) is 2.63. The number of aromatic nitrogens is 2. The van der Waals surface area contributed by atoms with E-state index in [1.807, 2.05) is 19.3 Å². The highest BCUT2D eigenvalue weighted by atomic mass is 16.4. The fraction of sp³-hybridized carbons (Fsp3) is 0.545. The quantitative estimate of drug-likeness (QED) is 0.718. The molecular weight excluding hydrogens is 222 g/mol. The minimum Gasteiger partial charge on any atom is -0.481 e. The molecule has 6 heteroatoms. The Bertz CT molecular complexity index is 387. The number of aryl methyl sites for hydroxylation is 1. The predicted octanol–water partition coefficient (Wildman–Crippen LogP) is 0.334. The Kier molecular flexibility index (Phi) is 5.19. The SMILES string of the molecule is Cn1ccc(CCNC(=O)CCCC(=O)O)n1. The maximum atomic E-state index is 11.3. The maximum absolute atomic E-state index is 11.3. The third-order valence-corrected chi connectivity index (χ3v) is 2.27. The molecule has 0 spiro atoms. The summed E-state index contributed by atoms with van der Waals surface area (Å²) < 4.78 is 1.71. The van der Waals surface area contributed by atoms with E-state index in [0.717, 1.165) is 5.69 Å². The number of amides is 1. The van der Waals surface area contributed by atoms with Crippen LogP contribution in [0, 0.1) is 0 Å². The monoisotopic (exact) mass is 239 g/mol. The van der Waals surface area contributed by atoms with Crippen LogP contribution < -0.4 is 5.32 Å². The van der Waals surface area contributed by atoms with E-state index in [1.165, 1.54) is 0 Å². The summed E-state index contributed by atoms with van der Waals surface area (Å²) in [6.07, 6.45) is 3.21. The standard InChI is InChI=1S/C11H17N3O3/c1-14-8-6-9(13-14)5-7-12-10(15)3-2-4-11(16)17/h6,8H,2-5,7H2,1H3,(H,12,15)(H,16,17). The fourth-order valence-electron chi connectivity index (χ4n) is 1.42. The summed E-state index contributed by atoms with van der Waals surface area (Å²) in [5.74, 6) is -0.978. The summed E-state index contributed by atoms with van der Waals surface area (Å²) >= 11 is 0. The van der Waals surface area contributed by atoms with Crippen LogP contribution in [-0.4, -0.2) is 33.3 Å². The van der Waals surface area contributed by atoms with Crippen molar-refractivity contribution in [1.29, 1.82) is 0 Å². The van der Waals surface area contributed by atoms with Gasteiger partial charge in [0, 0.05) is 39.1 Å². The van der Waals surface area contributed by atoms with Gasteiger partial charge in [-0.15, -0.1) is 0 Å². The molecule has 0 aliphatic heterocycles. The highest BCUT2D eigenvalue weighted by molar-refractivity contribution is 5.76. The van der Waals surface area contributed by atoms with Gasteiger partial charge in [0.2, 0.25) is 5.91 Å². The molecule has 1 aromatic heterocycles. The summed E-state index contributed by atoms with van der Waals surface area (Å²) in [5, 5.41) is 15.3. The number of carbonyl (C=O) groups excluding carboxylic acids is 1. The number of nitrogens with one attached hydrogen (secondary N) is 1. The molecule has 2 N–H and O–H groups in total. The van der Waals surface area contributed by atoms with Crippen LogP contribution in [0.1, 0.15) is 25.0 Å². The van der Waals surface area contributed by atoms with Crippen LogP contribution in [0.25, 0.3) is 0 Å². The number of carboxylic acids is 1. The zero-order chi connectivity index (χ0) is 12.7. The van der Waals surface area contributed by atoms with Gasteiger partial charge in [-0.1, -0.05) is 0 Å². The number of carbonyl (C=O) groups is 2. The Hall–Kier alpha value is -1.85. The first-order valence-electron chi connectivity index (χ1n) is 5.55. The summed E-state index contributed by atoms with van der Waals surface area (Å²) in [5.41, 5.74) is 0.929. The van der Waals surface area contributed by atoms with Gasteiger partial charge in [-0.05, 0) is 12.5 Å². The van der Waals surface area contributed by atoms with Crippen LogP contribution >= 0.6 is 0 Å². The zero-order valence-electron chi connectivity index (χ0n) is 9.85. The Morgan fingerprint density at radius 2 is 2.24 bits per heavy atom. The van der Waals surface area contributed by atoms with Crippen LogP contribution in [0.5, 0.6) is 0 Å². The molecular formula is C11H17N3O3. The van der Waals surface area contributed by atoms with Gasteiger partial charge in [0.1, 0.15) is 0 Å². The summed E-state index contributed by atoms with van der Waals surface area (Å²) in [6, 6.07) is 1.90. The van der Waals surface area contributed by atoms with Crippen molar-refractivity contribution in [2.75, 3.05) is 6.54 Å². The topological polar surface area (TPSA) is 84.2 Å². The molecule has 0 aliphatic carbocycles. The fourth-order valence-corrected chi connectivity index (χ4v) is 1.42. The molecule has 0 fully saturated rings. The van der Waals surface area contributed by atoms with Crippen molar-refractivity contribution in [3.05, 3.63) is 18.0 Å². The van der Waals surface area contributed by atoms with Crippen molar-refractivity contribution in [3.8, 4) is 0 Å². The van der Waals surface area contributed by atoms with Gasteiger partial charge in [0.05, 0.1) is 5.69 Å². The molecule has 1 heterocycles. The Morgan fingerprint density at radius 3 is 2.82 bits per heavy atom. The van der Waals surface area contributed by atoms with Gasteiger partial charge < -0.3 is 10.4 Å². The van der Waals surface area contributed by atoms with Crippen molar-refractivity contribution in [1.82, 2.24) is 15.1 Å². The molecule has 94 valence electrons. The van der Waals surface area contributed by atoms with Gasteiger partial charge in [0.15, 0.2) is 0 Å². The first-order valence-corrected chi connectivity index (χ1v) is 5.55. The lowest BCUT2D eigenvalue weighted by atomic mass is 10.2. The van der Waals surface area contributed by atoms with Crippen LogP contribution in [0.15, 0.2) is 12.3 Å². The number of aliphatic carboxylic acids is 1. The van der Waals surface area contributed by atoms with E-state index in [4.69, 9.17) is 5.11 Å². The van der Waals surface area contributed by atoms with Gasteiger partial charge in [-0.3, -0.25) is 14.3 Å². The Balaban J connectivity index is 2.10. The minimum atomic E-state index is -0.869. The van der Waals surface area contributed by atoms with E-state index >= 15 is 0 Å². The summed E-state index contributed by atoms with van der Waals surface area (Å²) in [7, 11) is 1.84. The van der Waals surface area contributed by atoms with Gasteiger partial charge in [0.25, 0.3) is 0 Å². The number of rotatable bonds is 7. The second-order valence-electron chi connectivity index (χ2n) is 3.83. The van der Waals surface area contributed by atoms with Crippen molar-refractivity contribution in [2.24, 2.45) is 7.05 Å². The Morgan fingerprint density at radius 1 is 1.47 bits per heavy atom. The number of hydrogen-bond acceptors (Lipinski definition) is 3. The smallest absolute Gasteiger partial charge is 0.303 e. The lowest BCUT2D eigenvalue weighted by molar-refractivity contribution is -0.137. The second-order valence-corrected chi connectivity index (χ2v) is 3.83. The van der Waals surface area contributed by atoms with E-state index in [9.17, 15) is 9.59 Å². The highest BCUT2D eigenvalue weighted by Gasteiger charge is 2.04. The normalized spacial score (nSPS) is 10.2. The van der Waals surface area contributed by atoms with Gasteiger partial charge in [-0.2, -0.15) is 5.10 Å². The van der Waals surface area contributed by atoms with Crippen molar-refractivity contribution in [2.45, 2.75) is 25.7 Å². The lowest BCUT2D eigenvalue weighted by Crippen LogP contribution is -2.25. The molecule has 0 aliphatic rings. The van der Waals surface area contributed by atoms with Crippen LogP contribution in [0.4, 0.5) is 0 Å². The maximum Gasteiger partial charge on any atom is 0.303 e. The molecule has 0 saturated heterocycles. The molecule has 0 atom stereocenters. The molecule has 6 nitrogen and oxygen atoms in total. The first-order chi connectivity index (χ1) is 8.08. The number of hydrogen-bond donors (Lipinski definition) is 2. The van der Waals surface area contributed by atoms with Crippen LogP contribution in [-0.2, 0) is 23.1 Å². The van der Waals surface area contributed by atoms with Crippen LogP contribution in [0.2, 0.25) is 0 Å². The molecule has 1 aromatic rings. The van der Waals surface area contributed by atoms with Crippen molar-refractivity contribution < 1.29 is 14.7 Å². The Labute approximate surface area is 99.6 Å². The van der Waals surface area contributed by atoms with Crippen molar-refractivity contribution >= 4 is 11.9 Å². The molecule has 0 unspecified atom stereocenters. The van der Waals surface area contributed by atoms with Crippen LogP contribution in [0.3, 0.4) is 0 Å². The van der Waals surface area contributed by atoms with E-state index in [1.54, 1.807) is 4.68 Å². The molecule has 0 aromatic carbocycles. The minimum absolute atomic E-state index is 0.0354. The summed E-state index contributed by atoms with van der Waals surface area (Å²) in [6.45, 7) is 0.531. The van der Waals surface area contributed by atoms with E-state index in [0.29, 0.717) is 19.4 Å². The average molecular weight is 239 g/mol. The zero-order valence-corrected chi connectivity index (χ0v) is 9.85. The molecule has 0 radical (unpaired) electrons. The van der Waals surface area contributed by atoms with E-state index in [-0.39, 0.29) is 18.7 Å². The molecule has 0 bridgehead atoms. The number of carboxylic acid groups (broad SMARTS) is 1.